The molecule has 2 rings (SSSR count). The van der Waals surface area contributed by atoms with Crippen molar-refractivity contribution in [1.29, 1.82) is 0 Å². The average Bonchev–Trinajstić information content (AvgIpc) is 2.39. The Morgan fingerprint density at radius 3 is 3.11 bits per heavy atom. The molecule has 0 aliphatic heterocycles. The van der Waals surface area contributed by atoms with Crippen molar-refractivity contribution in [2.75, 3.05) is 0 Å². The summed E-state index contributed by atoms with van der Waals surface area (Å²) in [6.07, 6.45) is 7.11. The van der Waals surface area contributed by atoms with Crippen molar-refractivity contribution in [2.24, 2.45) is 5.92 Å². The lowest BCUT2D eigenvalue weighted by atomic mass is 9.85. The maximum absolute atomic E-state index is 12.0. The van der Waals surface area contributed by atoms with Gasteiger partial charge < -0.3 is 4.74 Å². The zero-order chi connectivity index (χ0) is 13.0. The molecule has 0 radical (unpaired) electrons. The molecule has 2 atom stereocenters. The molecule has 3 nitrogen and oxygen atoms in total. The van der Waals surface area contributed by atoms with Gasteiger partial charge in [0, 0.05) is 6.20 Å². The van der Waals surface area contributed by atoms with Crippen LogP contribution in [0.5, 0.6) is 0 Å². The Morgan fingerprint density at radius 2 is 2.39 bits per heavy atom. The van der Waals surface area contributed by atoms with E-state index in [2.05, 4.69) is 11.9 Å². The first-order valence-corrected chi connectivity index (χ1v) is 6.89. The van der Waals surface area contributed by atoms with Gasteiger partial charge in [0.25, 0.3) is 0 Å². The lowest BCUT2D eigenvalue weighted by Gasteiger charge is -2.28. The third kappa shape index (κ3) is 3.45. The monoisotopic (exact) mass is 267 g/mol. The molecule has 4 heteroatoms. The highest BCUT2D eigenvalue weighted by Gasteiger charge is 2.24. The Balaban J connectivity index is 1.95. The van der Waals surface area contributed by atoms with Crippen LogP contribution in [0.2, 0.25) is 5.15 Å². The Bertz CT molecular complexity index is 422. The van der Waals surface area contributed by atoms with E-state index in [0.717, 1.165) is 25.7 Å². The smallest absolute Gasteiger partial charge is 0.338 e. The van der Waals surface area contributed by atoms with E-state index in [4.69, 9.17) is 16.3 Å². The molecule has 18 heavy (non-hydrogen) atoms. The van der Waals surface area contributed by atoms with E-state index in [-0.39, 0.29) is 12.1 Å². The number of rotatable bonds is 3. The molecule has 0 spiro atoms. The van der Waals surface area contributed by atoms with Crippen molar-refractivity contribution in [2.45, 2.75) is 45.1 Å². The number of pyridine rings is 1. The Hall–Kier alpha value is -1.09. The minimum Gasteiger partial charge on any atom is -0.459 e. The topological polar surface area (TPSA) is 39.2 Å². The molecule has 0 amide bonds. The van der Waals surface area contributed by atoms with Gasteiger partial charge in [0.2, 0.25) is 0 Å². The molecule has 98 valence electrons. The molecule has 1 heterocycles. The molecular formula is C14H18ClNO2. The number of halogens is 1. The fourth-order valence-electron chi connectivity index (χ4n) is 2.47. The van der Waals surface area contributed by atoms with E-state index in [1.165, 1.54) is 12.6 Å². The second-order valence-corrected chi connectivity index (χ2v) is 5.22. The Morgan fingerprint density at radius 1 is 1.56 bits per heavy atom. The fraction of sp³-hybridized carbons (Fsp3) is 0.571. The number of carbonyl (C=O) groups is 1. The molecule has 1 aliphatic rings. The van der Waals surface area contributed by atoms with Crippen LogP contribution in [-0.2, 0) is 4.74 Å². The summed E-state index contributed by atoms with van der Waals surface area (Å²) in [6.45, 7) is 2.19. The van der Waals surface area contributed by atoms with Crippen molar-refractivity contribution in [3.05, 3.63) is 29.0 Å². The summed E-state index contributed by atoms with van der Waals surface area (Å²) in [5, 5.41) is 0.319. The van der Waals surface area contributed by atoms with E-state index in [1.807, 2.05) is 0 Å². The molecule has 2 unspecified atom stereocenters. The van der Waals surface area contributed by atoms with Gasteiger partial charge in [-0.15, -0.1) is 0 Å². The van der Waals surface area contributed by atoms with E-state index in [9.17, 15) is 4.79 Å². The van der Waals surface area contributed by atoms with Gasteiger partial charge in [0.1, 0.15) is 11.3 Å². The Kier molecular flexibility index (Phi) is 4.59. The summed E-state index contributed by atoms with van der Waals surface area (Å²) in [6, 6.07) is 3.18. The van der Waals surface area contributed by atoms with Gasteiger partial charge in [-0.05, 0) is 37.3 Å². The number of nitrogens with zero attached hydrogens (tertiary/aromatic N) is 1. The van der Waals surface area contributed by atoms with Crippen LogP contribution in [0.25, 0.3) is 0 Å². The van der Waals surface area contributed by atoms with Crippen LogP contribution in [0.4, 0.5) is 0 Å². The Labute approximate surface area is 113 Å². The third-order valence-corrected chi connectivity index (χ3v) is 3.75. The lowest BCUT2D eigenvalue weighted by Crippen LogP contribution is -2.25. The molecule has 0 bridgehead atoms. The molecule has 1 aromatic rings. The van der Waals surface area contributed by atoms with Crippen molar-refractivity contribution in [3.63, 3.8) is 0 Å². The second kappa shape index (κ2) is 6.19. The average molecular weight is 268 g/mol. The van der Waals surface area contributed by atoms with Gasteiger partial charge in [0.05, 0.1) is 5.56 Å². The summed E-state index contributed by atoms with van der Waals surface area (Å²) in [7, 11) is 0. The minimum absolute atomic E-state index is 0.0585. The van der Waals surface area contributed by atoms with Crippen molar-refractivity contribution in [3.8, 4) is 0 Å². The van der Waals surface area contributed by atoms with Gasteiger partial charge >= 0.3 is 5.97 Å². The highest BCUT2D eigenvalue weighted by molar-refractivity contribution is 6.29. The van der Waals surface area contributed by atoms with Gasteiger partial charge in [-0.2, -0.15) is 0 Å². The lowest BCUT2D eigenvalue weighted by molar-refractivity contribution is 0.0140. The number of ether oxygens (including phenoxy) is 1. The maximum Gasteiger partial charge on any atom is 0.338 e. The van der Waals surface area contributed by atoms with E-state index in [0.29, 0.717) is 16.6 Å². The third-order valence-electron chi connectivity index (χ3n) is 3.55. The molecule has 0 saturated heterocycles. The number of esters is 1. The summed E-state index contributed by atoms with van der Waals surface area (Å²) in [4.78, 5) is 15.8. The van der Waals surface area contributed by atoms with Gasteiger partial charge in [0.15, 0.2) is 0 Å². The fourth-order valence-corrected chi connectivity index (χ4v) is 2.64. The van der Waals surface area contributed by atoms with Gasteiger partial charge in [-0.1, -0.05) is 31.4 Å². The minimum atomic E-state index is -0.291. The molecule has 1 saturated carbocycles. The molecular weight excluding hydrogens is 250 g/mol. The normalized spacial score (nSPS) is 23.7. The number of hydrogen-bond donors (Lipinski definition) is 0. The molecule has 1 aromatic heterocycles. The zero-order valence-electron chi connectivity index (χ0n) is 10.6. The largest absolute Gasteiger partial charge is 0.459 e. The van der Waals surface area contributed by atoms with Crippen molar-refractivity contribution in [1.82, 2.24) is 4.98 Å². The van der Waals surface area contributed by atoms with Crippen LogP contribution in [0.3, 0.4) is 0 Å². The predicted octanol–water partition coefficient (Wildman–Crippen LogP) is 3.86. The van der Waals surface area contributed by atoms with E-state index >= 15 is 0 Å². The first kappa shape index (κ1) is 13.3. The van der Waals surface area contributed by atoms with Crippen molar-refractivity contribution < 1.29 is 9.53 Å². The van der Waals surface area contributed by atoms with Gasteiger partial charge in [-0.25, -0.2) is 9.78 Å². The van der Waals surface area contributed by atoms with E-state index < -0.39 is 0 Å². The number of aromatic nitrogens is 1. The van der Waals surface area contributed by atoms with Crippen LogP contribution < -0.4 is 0 Å². The zero-order valence-corrected chi connectivity index (χ0v) is 11.3. The standard InChI is InChI=1S/C14H18ClNO2/c1-2-10-4-3-5-12(8-10)18-14(17)11-6-7-16-13(15)9-11/h6-7,9-10,12H,2-5,8H2,1H3. The summed E-state index contributed by atoms with van der Waals surface area (Å²) >= 11 is 5.76. The summed E-state index contributed by atoms with van der Waals surface area (Å²) < 4.78 is 5.54. The van der Waals surface area contributed by atoms with Gasteiger partial charge in [-0.3, -0.25) is 0 Å². The van der Waals surface area contributed by atoms with Crippen LogP contribution >= 0.6 is 11.6 Å². The quantitative estimate of drug-likeness (QED) is 0.617. The van der Waals surface area contributed by atoms with Crippen LogP contribution in [0.15, 0.2) is 18.3 Å². The highest BCUT2D eigenvalue weighted by Crippen LogP contribution is 2.29. The SMILES string of the molecule is CCC1CCCC(OC(=O)c2ccnc(Cl)c2)C1. The van der Waals surface area contributed by atoms with Crippen molar-refractivity contribution >= 4 is 17.6 Å². The van der Waals surface area contributed by atoms with E-state index in [1.54, 1.807) is 12.1 Å². The highest BCUT2D eigenvalue weighted by atomic mass is 35.5. The first-order chi connectivity index (χ1) is 8.69. The first-order valence-electron chi connectivity index (χ1n) is 6.51. The summed E-state index contributed by atoms with van der Waals surface area (Å²) in [5.41, 5.74) is 0.480. The van der Waals surface area contributed by atoms with Crippen LogP contribution in [0, 0.1) is 5.92 Å². The predicted molar refractivity (Wildman–Crippen MR) is 70.7 cm³/mol. The molecule has 0 N–H and O–H groups in total. The molecule has 0 aromatic carbocycles. The van der Waals surface area contributed by atoms with Crippen LogP contribution in [-0.4, -0.2) is 17.1 Å². The second-order valence-electron chi connectivity index (χ2n) is 4.84. The van der Waals surface area contributed by atoms with Crippen LogP contribution in [0.1, 0.15) is 49.4 Å². The number of carbonyl (C=O) groups excluding carboxylic acids is 1. The maximum atomic E-state index is 12.0. The molecule has 1 fully saturated rings. The summed E-state index contributed by atoms with van der Waals surface area (Å²) in [5.74, 6) is 0.402. The number of hydrogen-bond acceptors (Lipinski definition) is 3. The molecule has 1 aliphatic carbocycles.